The highest BCUT2D eigenvalue weighted by molar-refractivity contribution is 5.46. The molecule has 0 aliphatic rings. The third kappa shape index (κ3) is 4.17. The van der Waals surface area contributed by atoms with Crippen molar-refractivity contribution >= 4 is 11.6 Å². The Morgan fingerprint density at radius 1 is 1.00 bits per heavy atom. The Morgan fingerprint density at radius 2 is 1.79 bits per heavy atom. The minimum atomic E-state index is 0.595. The Balaban J connectivity index is 1.93. The molecule has 0 aromatic carbocycles. The molecular weight excluding hydrogens is 240 g/mol. The summed E-state index contributed by atoms with van der Waals surface area (Å²) in [6.07, 6.45) is 6.12. The molecule has 100 valence electrons. The van der Waals surface area contributed by atoms with Gasteiger partial charge in [0.15, 0.2) is 0 Å². The average molecular weight is 258 g/mol. The highest BCUT2D eigenvalue weighted by Gasteiger charge is 1.99. The zero-order valence-corrected chi connectivity index (χ0v) is 11.2. The van der Waals surface area contributed by atoms with E-state index in [0.29, 0.717) is 6.54 Å². The fraction of sp³-hybridized carbons (Fsp3) is 0.385. The molecule has 2 aromatic heterocycles. The van der Waals surface area contributed by atoms with Crippen LogP contribution in [0.5, 0.6) is 0 Å². The van der Waals surface area contributed by atoms with Gasteiger partial charge in [-0.25, -0.2) is 9.97 Å². The molecule has 0 saturated carbocycles. The van der Waals surface area contributed by atoms with Crippen molar-refractivity contribution in [2.45, 2.75) is 26.8 Å². The van der Waals surface area contributed by atoms with E-state index in [0.717, 1.165) is 36.0 Å². The second-order valence-corrected chi connectivity index (χ2v) is 4.22. The van der Waals surface area contributed by atoms with Gasteiger partial charge in [0.2, 0.25) is 0 Å². The monoisotopic (exact) mass is 258 g/mol. The van der Waals surface area contributed by atoms with E-state index in [4.69, 9.17) is 0 Å². The van der Waals surface area contributed by atoms with Crippen LogP contribution in [0, 0.1) is 6.92 Å². The summed E-state index contributed by atoms with van der Waals surface area (Å²) in [6, 6.07) is 1.89. The SMILES string of the molecule is CCCNc1cc(NCc2cnc(C)cn2)ncn1. The number of aromatic nitrogens is 4. The van der Waals surface area contributed by atoms with Gasteiger partial charge in [0.05, 0.1) is 24.1 Å². The van der Waals surface area contributed by atoms with E-state index in [9.17, 15) is 0 Å². The molecule has 2 heterocycles. The van der Waals surface area contributed by atoms with E-state index < -0.39 is 0 Å². The first-order chi connectivity index (χ1) is 9.28. The molecule has 0 radical (unpaired) electrons. The van der Waals surface area contributed by atoms with Crippen LogP contribution in [0.25, 0.3) is 0 Å². The molecule has 0 atom stereocenters. The lowest BCUT2D eigenvalue weighted by molar-refractivity contribution is 0.956. The van der Waals surface area contributed by atoms with Crippen molar-refractivity contribution in [1.82, 2.24) is 19.9 Å². The van der Waals surface area contributed by atoms with E-state index in [-0.39, 0.29) is 0 Å². The zero-order valence-electron chi connectivity index (χ0n) is 11.2. The standard InChI is InChI=1S/C13H18N6/c1-3-4-14-12-5-13(19-9-18-12)17-8-11-7-15-10(2)6-16-11/h5-7,9H,3-4,8H2,1-2H3,(H2,14,17,18,19). The van der Waals surface area contributed by atoms with Gasteiger partial charge < -0.3 is 10.6 Å². The van der Waals surface area contributed by atoms with Gasteiger partial charge in [-0.3, -0.25) is 9.97 Å². The van der Waals surface area contributed by atoms with Crippen molar-refractivity contribution in [3.8, 4) is 0 Å². The summed E-state index contributed by atoms with van der Waals surface area (Å²) in [5.74, 6) is 1.60. The summed E-state index contributed by atoms with van der Waals surface area (Å²) in [6.45, 7) is 5.53. The van der Waals surface area contributed by atoms with Crippen LogP contribution in [0.2, 0.25) is 0 Å². The molecule has 0 aliphatic carbocycles. The van der Waals surface area contributed by atoms with E-state index in [2.05, 4.69) is 37.5 Å². The molecule has 0 amide bonds. The number of anilines is 2. The van der Waals surface area contributed by atoms with E-state index in [1.165, 1.54) is 0 Å². The van der Waals surface area contributed by atoms with Gasteiger partial charge in [0.1, 0.15) is 18.0 Å². The molecule has 2 N–H and O–H groups in total. The second-order valence-electron chi connectivity index (χ2n) is 4.22. The van der Waals surface area contributed by atoms with Gasteiger partial charge >= 0.3 is 0 Å². The van der Waals surface area contributed by atoms with Gasteiger partial charge in [-0.1, -0.05) is 6.92 Å². The van der Waals surface area contributed by atoms with Crippen LogP contribution in [-0.2, 0) is 6.54 Å². The van der Waals surface area contributed by atoms with Gasteiger partial charge in [0, 0.05) is 18.8 Å². The Bertz CT molecular complexity index is 511. The summed E-state index contributed by atoms with van der Waals surface area (Å²) in [5.41, 5.74) is 1.80. The maximum atomic E-state index is 4.28. The summed E-state index contributed by atoms with van der Waals surface area (Å²) in [4.78, 5) is 16.8. The van der Waals surface area contributed by atoms with Crippen LogP contribution < -0.4 is 10.6 Å². The van der Waals surface area contributed by atoms with Crippen molar-refractivity contribution in [3.05, 3.63) is 36.2 Å². The van der Waals surface area contributed by atoms with Crippen LogP contribution in [0.1, 0.15) is 24.7 Å². The first-order valence-electron chi connectivity index (χ1n) is 6.35. The molecule has 6 nitrogen and oxygen atoms in total. The molecule has 2 aromatic rings. The topological polar surface area (TPSA) is 75.6 Å². The molecule has 6 heteroatoms. The van der Waals surface area contributed by atoms with E-state index >= 15 is 0 Å². The number of hydrogen-bond acceptors (Lipinski definition) is 6. The van der Waals surface area contributed by atoms with Gasteiger partial charge in [-0.15, -0.1) is 0 Å². The van der Waals surface area contributed by atoms with Crippen molar-refractivity contribution in [2.24, 2.45) is 0 Å². The fourth-order valence-corrected chi connectivity index (χ4v) is 1.50. The lowest BCUT2D eigenvalue weighted by atomic mass is 10.4. The average Bonchev–Trinajstić information content (AvgIpc) is 2.45. The van der Waals surface area contributed by atoms with Crippen molar-refractivity contribution < 1.29 is 0 Å². The first-order valence-corrected chi connectivity index (χ1v) is 6.35. The third-order valence-electron chi connectivity index (χ3n) is 2.51. The Kier molecular flexibility index (Phi) is 4.60. The van der Waals surface area contributed by atoms with Crippen molar-refractivity contribution in [1.29, 1.82) is 0 Å². The highest BCUT2D eigenvalue weighted by Crippen LogP contribution is 2.09. The third-order valence-corrected chi connectivity index (χ3v) is 2.51. The minimum absolute atomic E-state index is 0.595. The van der Waals surface area contributed by atoms with Crippen molar-refractivity contribution in [2.75, 3.05) is 17.2 Å². The van der Waals surface area contributed by atoms with Crippen LogP contribution in [0.3, 0.4) is 0 Å². The second kappa shape index (κ2) is 6.63. The zero-order chi connectivity index (χ0) is 13.5. The number of nitrogens with zero attached hydrogens (tertiary/aromatic N) is 4. The Morgan fingerprint density at radius 3 is 2.47 bits per heavy atom. The van der Waals surface area contributed by atoms with Crippen LogP contribution in [0.15, 0.2) is 24.8 Å². The van der Waals surface area contributed by atoms with Gasteiger partial charge in [-0.05, 0) is 13.3 Å². The Hall–Kier alpha value is -2.24. The summed E-state index contributed by atoms with van der Waals surface area (Å²) < 4.78 is 0. The van der Waals surface area contributed by atoms with E-state index in [1.807, 2.05) is 13.0 Å². The van der Waals surface area contributed by atoms with Crippen LogP contribution >= 0.6 is 0 Å². The summed E-state index contributed by atoms with van der Waals surface area (Å²) in [7, 11) is 0. The number of nitrogens with one attached hydrogen (secondary N) is 2. The smallest absolute Gasteiger partial charge is 0.131 e. The molecule has 0 spiro atoms. The van der Waals surface area contributed by atoms with Crippen molar-refractivity contribution in [3.63, 3.8) is 0 Å². The number of rotatable bonds is 6. The van der Waals surface area contributed by atoms with Gasteiger partial charge in [-0.2, -0.15) is 0 Å². The Labute approximate surface area is 112 Å². The molecule has 0 aliphatic heterocycles. The lowest BCUT2D eigenvalue weighted by Gasteiger charge is -2.07. The number of hydrogen-bond donors (Lipinski definition) is 2. The normalized spacial score (nSPS) is 10.2. The van der Waals surface area contributed by atoms with E-state index in [1.54, 1.807) is 18.7 Å². The van der Waals surface area contributed by atoms with Crippen LogP contribution in [0.4, 0.5) is 11.6 Å². The maximum absolute atomic E-state index is 4.28. The van der Waals surface area contributed by atoms with Crippen LogP contribution in [-0.4, -0.2) is 26.5 Å². The van der Waals surface area contributed by atoms with Gasteiger partial charge in [0.25, 0.3) is 0 Å². The summed E-state index contributed by atoms with van der Waals surface area (Å²) >= 11 is 0. The highest BCUT2D eigenvalue weighted by atomic mass is 15.1. The molecular formula is C13H18N6. The minimum Gasteiger partial charge on any atom is -0.370 e. The largest absolute Gasteiger partial charge is 0.370 e. The number of aryl methyl sites for hydroxylation is 1. The molecule has 0 fully saturated rings. The molecule has 2 rings (SSSR count). The maximum Gasteiger partial charge on any atom is 0.131 e. The fourth-order valence-electron chi connectivity index (χ4n) is 1.50. The molecule has 0 bridgehead atoms. The summed E-state index contributed by atoms with van der Waals surface area (Å²) in [5, 5.41) is 6.42. The molecule has 19 heavy (non-hydrogen) atoms. The lowest BCUT2D eigenvalue weighted by Crippen LogP contribution is -2.06. The molecule has 0 unspecified atom stereocenters. The first kappa shape index (κ1) is 13.2. The quantitative estimate of drug-likeness (QED) is 0.825. The predicted molar refractivity (Wildman–Crippen MR) is 74.9 cm³/mol. The predicted octanol–water partition coefficient (Wildman–Crippen LogP) is 2.01. The molecule has 0 saturated heterocycles.